The number of nitrogens with zero attached hydrogens (tertiary/aromatic N) is 1. The van der Waals surface area contributed by atoms with Crippen molar-refractivity contribution in [1.82, 2.24) is 4.90 Å². The van der Waals surface area contributed by atoms with Crippen LogP contribution in [0.25, 0.3) is 0 Å². The topological polar surface area (TPSA) is 29.5 Å². The fraction of sp³-hybridized carbons (Fsp3) is 0.533. The summed E-state index contributed by atoms with van der Waals surface area (Å²) in [6.07, 6.45) is 2.43. The molecule has 2 aliphatic heterocycles. The van der Waals surface area contributed by atoms with Crippen LogP contribution < -0.4 is 0 Å². The maximum Gasteiger partial charge on any atom is 0.227 e. The molecule has 0 aliphatic carbocycles. The van der Waals surface area contributed by atoms with Gasteiger partial charge >= 0.3 is 0 Å². The molecule has 1 aromatic carbocycles. The van der Waals surface area contributed by atoms with Gasteiger partial charge in [-0.2, -0.15) is 0 Å². The van der Waals surface area contributed by atoms with Gasteiger partial charge in [-0.05, 0) is 30.5 Å². The Morgan fingerprint density at radius 3 is 2.70 bits per heavy atom. The number of hydrogen-bond donors (Lipinski definition) is 0. The summed E-state index contributed by atoms with van der Waals surface area (Å²) in [6.45, 7) is 3.30. The molecule has 0 N–H and O–H groups in total. The fourth-order valence-corrected chi connectivity index (χ4v) is 3.49. The van der Waals surface area contributed by atoms with Crippen LogP contribution in [0.3, 0.4) is 0 Å². The Kier molecular flexibility index (Phi) is 3.82. The van der Waals surface area contributed by atoms with Crippen molar-refractivity contribution in [3.8, 4) is 0 Å². The molecule has 5 heteroatoms. The van der Waals surface area contributed by atoms with E-state index in [-0.39, 0.29) is 11.7 Å². The molecule has 1 amide bonds. The predicted molar refractivity (Wildman–Crippen MR) is 76.9 cm³/mol. The summed E-state index contributed by atoms with van der Waals surface area (Å²) in [4.78, 5) is 14.1. The summed E-state index contributed by atoms with van der Waals surface area (Å²) in [6, 6.07) is 4.46. The third-order valence-corrected chi connectivity index (χ3v) is 5.05. The second kappa shape index (κ2) is 5.45. The van der Waals surface area contributed by atoms with Crippen LogP contribution in [0.4, 0.5) is 4.39 Å². The first-order chi connectivity index (χ1) is 9.58. The Morgan fingerprint density at radius 2 is 2.05 bits per heavy atom. The number of rotatable bonds is 2. The normalized spacial score (nSPS) is 20.8. The van der Waals surface area contributed by atoms with E-state index in [0.29, 0.717) is 16.3 Å². The summed E-state index contributed by atoms with van der Waals surface area (Å²) in [5.41, 5.74) is 1.14. The van der Waals surface area contributed by atoms with Gasteiger partial charge in [-0.15, -0.1) is 0 Å². The van der Waals surface area contributed by atoms with E-state index in [1.54, 1.807) is 6.07 Å². The highest BCUT2D eigenvalue weighted by molar-refractivity contribution is 9.10. The van der Waals surface area contributed by atoms with E-state index in [1.807, 2.05) is 4.90 Å². The molecule has 0 saturated carbocycles. The second-order valence-corrected chi connectivity index (χ2v) is 6.63. The quantitative estimate of drug-likeness (QED) is 0.827. The van der Waals surface area contributed by atoms with E-state index in [1.165, 1.54) is 12.1 Å². The lowest BCUT2D eigenvalue weighted by atomic mass is 9.73. The molecule has 2 heterocycles. The zero-order valence-corrected chi connectivity index (χ0v) is 12.8. The highest BCUT2D eigenvalue weighted by Crippen LogP contribution is 2.40. The molecule has 3 nitrogen and oxygen atoms in total. The van der Waals surface area contributed by atoms with Crippen LogP contribution in [-0.4, -0.2) is 37.1 Å². The lowest BCUT2D eigenvalue weighted by Gasteiger charge is -2.52. The molecule has 0 aromatic heterocycles. The molecule has 3 rings (SSSR count). The van der Waals surface area contributed by atoms with Gasteiger partial charge in [0.05, 0.1) is 6.42 Å². The SMILES string of the molecule is O=C(Cc1ccc(F)cc1Br)N1CC2(CCOCC2)C1. The number of carbonyl (C=O) groups excluding carboxylic acids is 1. The zero-order valence-electron chi connectivity index (χ0n) is 11.2. The maximum atomic E-state index is 13.0. The minimum absolute atomic E-state index is 0.120. The van der Waals surface area contributed by atoms with Crippen molar-refractivity contribution in [3.63, 3.8) is 0 Å². The molecule has 1 aromatic rings. The Balaban J connectivity index is 1.58. The van der Waals surface area contributed by atoms with Gasteiger partial charge in [0.15, 0.2) is 0 Å². The fourth-order valence-electron chi connectivity index (χ4n) is 3.00. The van der Waals surface area contributed by atoms with Crippen LogP contribution in [0.15, 0.2) is 22.7 Å². The summed E-state index contributed by atoms with van der Waals surface area (Å²) in [5.74, 6) is -0.174. The molecule has 1 spiro atoms. The Labute approximate surface area is 126 Å². The van der Waals surface area contributed by atoms with Gasteiger partial charge in [0.25, 0.3) is 0 Å². The van der Waals surface area contributed by atoms with Crippen LogP contribution in [0, 0.1) is 11.2 Å². The Morgan fingerprint density at radius 1 is 1.35 bits per heavy atom. The monoisotopic (exact) mass is 341 g/mol. The summed E-state index contributed by atoms with van der Waals surface area (Å²) >= 11 is 3.31. The molecule has 2 aliphatic rings. The van der Waals surface area contributed by atoms with Crippen molar-refractivity contribution in [1.29, 1.82) is 0 Å². The van der Waals surface area contributed by atoms with Gasteiger partial charge in [0.1, 0.15) is 5.82 Å². The lowest BCUT2D eigenvalue weighted by molar-refractivity contribution is -0.149. The third kappa shape index (κ3) is 2.74. The second-order valence-electron chi connectivity index (χ2n) is 5.77. The van der Waals surface area contributed by atoms with Gasteiger partial charge in [-0.25, -0.2) is 4.39 Å². The van der Waals surface area contributed by atoms with Gasteiger partial charge in [-0.3, -0.25) is 4.79 Å². The van der Waals surface area contributed by atoms with Crippen molar-refractivity contribution >= 4 is 21.8 Å². The molecule has 0 unspecified atom stereocenters. The van der Waals surface area contributed by atoms with E-state index in [2.05, 4.69) is 15.9 Å². The number of benzene rings is 1. The molecular formula is C15H17BrFNO2. The van der Waals surface area contributed by atoms with Gasteiger partial charge < -0.3 is 9.64 Å². The highest BCUT2D eigenvalue weighted by Gasteiger charge is 2.45. The molecule has 0 bridgehead atoms. The standard InChI is InChI=1S/C15H17BrFNO2/c16-13-8-12(17)2-1-11(13)7-14(19)18-9-15(10-18)3-5-20-6-4-15/h1-2,8H,3-7,9-10H2. The summed E-state index contributed by atoms with van der Waals surface area (Å²) in [5, 5.41) is 0. The van der Waals surface area contributed by atoms with E-state index in [9.17, 15) is 9.18 Å². The van der Waals surface area contributed by atoms with Crippen molar-refractivity contribution in [2.75, 3.05) is 26.3 Å². The lowest BCUT2D eigenvalue weighted by Crippen LogP contribution is -2.60. The first-order valence-corrected chi connectivity index (χ1v) is 7.67. The number of halogens is 2. The van der Waals surface area contributed by atoms with Crippen LogP contribution >= 0.6 is 15.9 Å². The zero-order chi connectivity index (χ0) is 14.2. The van der Waals surface area contributed by atoms with E-state index < -0.39 is 0 Å². The minimum atomic E-state index is -0.293. The summed E-state index contributed by atoms with van der Waals surface area (Å²) in [7, 11) is 0. The molecular weight excluding hydrogens is 325 g/mol. The number of carbonyl (C=O) groups is 1. The maximum absolute atomic E-state index is 13.0. The summed E-state index contributed by atoms with van der Waals surface area (Å²) < 4.78 is 19.1. The number of amides is 1. The van der Waals surface area contributed by atoms with Crippen LogP contribution in [0.2, 0.25) is 0 Å². The van der Waals surface area contributed by atoms with Crippen molar-refractivity contribution in [3.05, 3.63) is 34.1 Å². The largest absolute Gasteiger partial charge is 0.381 e. The Hall–Kier alpha value is -0.940. The smallest absolute Gasteiger partial charge is 0.227 e. The van der Waals surface area contributed by atoms with E-state index in [0.717, 1.165) is 44.7 Å². The molecule has 0 radical (unpaired) electrons. The Bertz CT molecular complexity index is 521. The third-order valence-electron chi connectivity index (χ3n) is 4.32. The number of likely N-dealkylation sites (tertiary alicyclic amines) is 1. The van der Waals surface area contributed by atoms with Gasteiger partial charge in [-0.1, -0.05) is 22.0 Å². The highest BCUT2D eigenvalue weighted by atomic mass is 79.9. The van der Waals surface area contributed by atoms with Crippen LogP contribution in [0.1, 0.15) is 18.4 Å². The van der Waals surface area contributed by atoms with Crippen molar-refractivity contribution in [2.45, 2.75) is 19.3 Å². The molecule has 0 atom stereocenters. The van der Waals surface area contributed by atoms with Gasteiger partial charge in [0, 0.05) is 36.2 Å². The predicted octanol–water partition coefficient (Wildman–Crippen LogP) is 2.77. The molecule has 108 valence electrons. The first kappa shape index (κ1) is 14.0. The average molecular weight is 342 g/mol. The molecule has 20 heavy (non-hydrogen) atoms. The van der Waals surface area contributed by atoms with E-state index >= 15 is 0 Å². The van der Waals surface area contributed by atoms with Crippen LogP contribution in [-0.2, 0) is 16.0 Å². The van der Waals surface area contributed by atoms with Crippen LogP contribution in [0.5, 0.6) is 0 Å². The number of hydrogen-bond acceptors (Lipinski definition) is 2. The average Bonchev–Trinajstić information content (AvgIpc) is 2.40. The van der Waals surface area contributed by atoms with E-state index in [4.69, 9.17) is 4.74 Å². The minimum Gasteiger partial charge on any atom is -0.381 e. The van der Waals surface area contributed by atoms with Crippen molar-refractivity contribution < 1.29 is 13.9 Å². The first-order valence-electron chi connectivity index (χ1n) is 6.87. The van der Waals surface area contributed by atoms with Crippen molar-refractivity contribution in [2.24, 2.45) is 5.41 Å². The molecule has 2 fully saturated rings. The van der Waals surface area contributed by atoms with Gasteiger partial charge in [0.2, 0.25) is 5.91 Å². The molecule has 2 saturated heterocycles. The number of ether oxygens (including phenoxy) is 1.